The van der Waals surface area contributed by atoms with E-state index in [0.29, 0.717) is 48.6 Å². The fraction of sp³-hybridized carbons (Fsp3) is 0.444. The van der Waals surface area contributed by atoms with Crippen molar-refractivity contribution in [1.29, 1.82) is 0 Å². The summed E-state index contributed by atoms with van der Waals surface area (Å²) in [7, 11) is -2.56. The van der Waals surface area contributed by atoms with Gasteiger partial charge in [-0.25, -0.2) is 9.97 Å². The van der Waals surface area contributed by atoms with Crippen molar-refractivity contribution in [2.24, 2.45) is 0 Å². The molecule has 8 rings (SSSR count). The van der Waals surface area contributed by atoms with Crippen LogP contribution in [-0.4, -0.2) is 105 Å². The third-order valence-electron chi connectivity index (χ3n) is 10.7. The number of hydrogen-bond donors (Lipinski definition) is 4. The van der Waals surface area contributed by atoms with Crippen LogP contribution >= 0.6 is 22.7 Å². The van der Waals surface area contributed by atoms with E-state index in [4.69, 9.17) is 9.97 Å². The average Bonchev–Trinajstić information content (AvgIpc) is 3.94. The molecule has 0 bridgehead atoms. The van der Waals surface area contributed by atoms with Gasteiger partial charge in [-0.2, -0.15) is 0 Å². The van der Waals surface area contributed by atoms with Gasteiger partial charge in [0, 0.05) is 73.2 Å². The van der Waals surface area contributed by atoms with Crippen molar-refractivity contribution in [1.82, 2.24) is 19.8 Å². The molecule has 6 heterocycles. The van der Waals surface area contributed by atoms with E-state index in [-0.39, 0.29) is 11.8 Å². The summed E-state index contributed by atoms with van der Waals surface area (Å²) in [5, 5.41) is 37.8. The number of aromatic nitrogens is 2. The Kier molecular flexibility index (Phi) is 10.3. The summed E-state index contributed by atoms with van der Waals surface area (Å²) in [6, 6.07) is 12.3. The van der Waals surface area contributed by atoms with Gasteiger partial charge >= 0.3 is 14.2 Å². The summed E-state index contributed by atoms with van der Waals surface area (Å²) in [6.07, 6.45) is 5.15. The fourth-order valence-electron chi connectivity index (χ4n) is 8.08. The van der Waals surface area contributed by atoms with Crippen LogP contribution in [0.5, 0.6) is 0 Å². The highest BCUT2D eigenvalue weighted by Gasteiger charge is 2.34. The smallest absolute Gasteiger partial charge is 0.427 e. The number of anilines is 2. The Bertz CT molecular complexity index is 1850. The maximum Gasteiger partial charge on any atom is 0.451 e. The third kappa shape index (κ3) is 7.10. The molecule has 0 radical (unpaired) electrons. The van der Waals surface area contributed by atoms with Crippen LogP contribution in [0.15, 0.2) is 36.4 Å². The predicted octanol–water partition coefficient (Wildman–Crippen LogP) is 3.11. The first-order valence-electron chi connectivity index (χ1n) is 18.3. The Hall–Kier alpha value is -3.47. The Labute approximate surface area is 311 Å². The van der Waals surface area contributed by atoms with Crippen molar-refractivity contribution in [3.63, 3.8) is 0 Å². The number of carbonyl (C=O) groups excluding carboxylic acids is 2. The molecule has 0 saturated heterocycles. The molecule has 16 heteroatoms. The Morgan fingerprint density at radius 1 is 0.635 bits per heavy atom. The highest BCUT2D eigenvalue weighted by atomic mass is 32.1. The molecule has 12 nitrogen and oxygen atoms in total. The molecule has 0 unspecified atom stereocenters. The molecule has 4 aromatic rings. The van der Waals surface area contributed by atoms with Gasteiger partial charge in [0.05, 0.1) is 11.4 Å². The molecule has 270 valence electrons. The molecule has 52 heavy (non-hydrogen) atoms. The van der Waals surface area contributed by atoms with E-state index < -0.39 is 14.2 Å². The van der Waals surface area contributed by atoms with E-state index in [1.807, 2.05) is 34.1 Å². The maximum absolute atomic E-state index is 13.9. The van der Waals surface area contributed by atoms with Crippen LogP contribution in [-0.2, 0) is 38.8 Å². The van der Waals surface area contributed by atoms with Crippen LogP contribution in [0.1, 0.15) is 64.7 Å². The highest BCUT2D eigenvalue weighted by Crippen LogP contribution is 2.43. The zero-order chi connectivity index (χ0) is 35.9. The topological polar surface area (TPSA) is 154 Å². The molecule has 0 aliphatic carbocycles. The maximum atomic E-state index is 13.9. The summed E-state index contributed by atoms with van der Waals surface area (Å²) < 4.78 is 0. The van der Waals surface area contributed by atoms with Gasteiger partial charge in [-0.3, -0.25) is 19.4 Å². The molecular weight excluding hydrogens is 698 g/mol. The number of hydrogen-bond acceptors (Lipinski definition) is 12. The van der Waals surface area contributed by atoms with Crippen LogP contribution in [0.25, 0.3) is 11.1 Å². The van der Waals surface area contributed by atoms with E-state index in [1.165, 1.54) is 22.7 Å². The lowest BCUT2D eigenvalue weighted by atomic mass is 9.84. The molecular formula is C36H42B2N6O6S2. The van der Waals surface area contributed by atoms with Gasteiger partial charge in [0.25, 0.3) is 11.8 Å². The van der Waals surface area contributed by atoms with E-state index in [1.54, 1.807) is 0 Å². The summed E-state index contributed by atoms with van der Waals surface area (Å²) in [5.74, 6) is -0.142. The number of benzene rings is 2. The minimum Gasteiger partial charge on any atom is -0.427 e. The summed E-state index contributed by atoms with van der Waals surface area (Å²) >= 11 is 2.95. The lowest BCUT2D eigenvalue weighted by Gasteiger charge is -2.25. The summed E-state index contributed by atoms with van der Waals surface area (Å²) in [4.78, 5) is 48.0. The molecule has 2 aromatic carbocycles. The largest absolute Gasteiger partial charge is 0.451 e. The minimum atomic E-state index is -1.28. The van der Waals surface area contributed by atoms with Crippen LogP contribution in [0.4, 0.5) is 11.4 Å². The predicted molar refractivity (Wildman–Crippen MR) is 204 cm³/mol. The van der Waals surface area contributed by atoms with Crippen molar-refractivity contribution in [2.75, 3.05) is 49.1 Å². The first kappa shape index (κ1) is 35.6. The van der Waals surface area contributed by atoms with Crippen molar-refractivity contribution in [3.05, 3.63) is 78.7 Å². The monoisotopic (exact) mass is 740 g/mol. The van der Waals surface area contributed by atoms with Crippen molar-refractivity contribution in [3.8, 4) is 11.1 Å². The second kappa shape index (κ2) is 15.1. The lowest BCUT2D eigenvalue weighted by Crippen LogP contribution is -2.31. The first-order chi connectivity index (χ1) is 25.2. The van der Waals surface area contributed by atoms with E-state index in [2.05, 4.69) is 21.9 Å². The van der Waals surface area contributed by atoms with Crippen molar-refractivity contribution < 1.29 is 29.7 Å². The van der Waals surface area contributed by atoms with Gasteiger partial charge in [-0.15, -0.1) is 22.7 Å². The zero-order valence-electron chi connectivity index (χ0n) is 29.0. The summed E-state index contributed by atoms with van der Waals surface area (Å²) in [6.45, 7) is 5.87. The standard InChI is InChI=1S/C36H42B2N6O6S2/c45-35(33-39-27-11-17-41(21-31(27)51-33)15-3-13-37(47)48)43-19-9-25-23(5-1-7-29(25)43)24-6-2-8-30-26(24)10-20-44(30)36(46)34-40-28-12-18-42(22-32(28)52-34)16-4-14-38(49)50/h1-2,5-8,47-50H,3-4,9-22H2. The van der Waals surface area contributed by atoms with Gasteiger partial charge in [0.2, 0.25) is 0 Å². The normalized spacial score (nSPS) is 16.8. The van der Waals surface area contributed by atoms with E-state index in [9.17, 15) is 29.7 Å². The fourth-order valence-corrected chi connectivity index (χ4v) is 10.3. The van der Waals surface area contributed by atoms with Gasteiger partial charge in [-0.1, -0.05) is 24.3 Å². The molecule has 0 spiro atoms. The average molecular weight is 741 g/mol. The van der Waals surface area contributed by atoms with Crippen LogP contribution in [0, 0.1) is 0 Å². The molecule has 4 aliphatic heterocycles. The van der Waals surface area contributed by atoms with E-state index in [0.717, 1.165) is 120 Å². The molecule has 0 saturated carbocycles. The van der Waals surface area contributed by atoms with Crippen LogP contribution in [0.3, 0.4) is 0 Å². The van der Waals surface area contributed by atoms with Crippen LogP contribution in [0.2, 0.25) is 12.6 Å². The summed E-state index contributed by atoms with van der Waals surface area (Å²) in [5.41, 5.74) is 8.29. The van der Waals surface area contributed by atoms with Gasteiger partial charge in [-0.05, 0) is 85.8 Å². The van der Waals surface area contributed by atoms with Crippen molar-refractivity contribution in [2.45, 2.75) is 64.3 Å². The lowest BCUT2D eigenvalue weighted by molar-refractivity contribution is 0.0981. The quantitative estimate of drug-likeness (QED) is 0.169. The molecule has 4 aliphatic rings. The molecule has 2 aromatic heterocycles. The Morgan fingerprint density at radius 3 is 1.50 bits per heavy atom. The van der Waals surface area contributed by atoms with Gasteiger partial charge in [0.15, 0.2) is 10.0 Å². The van der Waals surface area contributed by atoms with E-state index >= 15 is 0 Å². The van der Waals surface area contributed by atoms with Crippen LogP contribution < -0.4 is 9.80 Å². The number of nitrogens with zero attached hydrogens (tertiary/aromatic N) is 6. The molecule has 0 atom stereocenters. The van der Waals surface area contributed by atoms with Crippen molar-refractivity contribution >= 4 is 60.1 Å². The molecule has 0 fully saturated rings. The zero-order valence-corrected chi connectivity index (χ0v) is 30.7. The second-order valence-corrected chi connectivity index (χ2v) is 16.3. The number of thiazole rings is 2. The minimum absolute atomic E-state index is 0.0708. The second-order valence-electron chi connectivity index (χ2n) is 14.1. The first-order valence-corrected chi connectivity index (χ1v) is 19.9. The molecule has 4 N–H and O–H groups in total. The SMILES string of the molecule is O=C(c1nc2c(s1)CN(CCCB(O)O)CC2)N1CCc2c(-c3cccc4c3CCN4C(=O)c3nc4c(s3)CN(CCCB(O)O)CC4)cccc21. The number of carbonyl (C=O) groups is 2. The number of amides is 2. The number of fused-ring (bicyclic) bond motifs is 4. The molecule has 2 amide bonds. The highest BCUT2D eigenvalue weighted by molar-refractivity contribution is 7.14. The van der Waals surface area contributed by atoms with Gasteiger partial charge in [0.1, 0.15) is 0 Å². The third-order valence-corrected chi connectivity index (χ3v) is 12.8. The Balaban J connectivity index is 0.976. The van der Waals surface area contributed by atoms with Gasteiger partial charge < -0.3 is 29.9 Å². The Morgan fingerprint density at radius 2 is 1.08 bits per heavy atom. The number of rotatable bonds is 11.